The maximum absolute atomic E-state index is 11.0. The van der Waals surface area contributed by atoms with Gasteiger partial charge in [0, 0.05) is 19.0 Å². The van der Waals surface area contributed by atoms with Crippen molar-refractivity contribution in [1.82, 2.24) is 15.3 Å². The van der Waals surface area contributed by atoms with Crippen LogP contribution in [0.25, 0.3) is 10.3 Å². The zero-order valence-electron chi connectivity index (χ0n) is 17.8. The first-order valence-corrected chi connectivity index (χ1v) is 11.8. The molecule has 2 aromatic heterocycles. The molecule has 2 saturated carbocycles. The SMILES string of the molecule is CC(=O)N[C@@H](C)COC1CC(COc2ccc3nc(OC4CCCCC4)sc3n2)C1. The Bertz CT molecular complexity index is 846. The van der Waals surface area contributed by atoms with Gasteiger partial charge in [-0.1, -0.05) is 17.8 Å². The number of aromatic nitrogens is 2. The van der Waals surface area contributed by atoms with Crippen molar-refractivity contribution >= 4 is 27.6 Å². The molecular formula is C22H31N3O4S. The number of fused-ring (bicyclic) bond motifs is 1. The van der Waals surface area contributed by atoms with Crippen LogP contribution in [-0.2, 0) is 9.53 Å². The number of rotatable bonds is 9. The van der Waals surface area contributed by atoms with Crippen LogP contribution in [0.4, 0.5) is 0 Å². The van der Waals surface area contributed by atoms with Gasteiger partial charge in [-0.2, -0.15) is 0 Å². The highest BCUT2D eigenvalue weighted by molar-refractivity contribution is 7.19. The zero-order valence-corrected chi connectivity index (χ0v) is 18.6. The summed E-state index contributed by atoms with van der Waals surface area (Å²) < 4.78 is 17.8. The summed E-state index contributed by atoms with van der Waals surface area (Å²) in [5.41, 5.74) is 0.864. The van der Waals surface area contributed by atoms with Gasteiger partial charge in [0.05, 0.1) is 19.3 Å². The highest BCUT2D eigenvalue weighted by Crippen LogP contribution is 2.33. The number of thiazole rings is 1. The second-order valence-corrected chi connectivity index (χ2v) is 9.48. The number of hydrogen-bond donors (Lipinski definition) is 1. The van der Waals surface area contributed by atoms with Crippen molar-refractivity contribution < 1.29 is 19.0 Å². The molecule has 2 aliphatic rings. The summed E-state index contributed by atoms with van der Waals surface area (Å²) in [6.07, 6.45) is 8.55. The molecule has 0 aliphatic heterocycles. The Morgan fingerprint density at radius 1 is 1.20 bits per heavy atom. The second-order valence-electron chi connectivity index (χ2n) is 8.54. The van der Waals surface area contributed by atoms with Crippen LogP contribution < -0.4 is 14.8 Å². The number of carbonyl (C=O) groups excluding carboxylic acids is 1. The van der Waals surface area contributed by atoms with Crippen molar-refractivity contribution in [3.63, 3.8) is 0 Å². The van der Waals surface area contributed by atoms with Gasteiger partial charge in [0.15, 0.2) is 4.83 Å². The van der Waals surface area contributed by atoms with Crippen LogP contribution in [0.3, 0.4) is 0 Å². The van der Waals surface area contributed by atoms with Crippen LogP contribution in [0.2, 0.25) is 0 Å². The van der Waals surface area contributed by atoms with E-state index in [2.05, 4.69) is 15.3 Å². The quantitative estimate of drug-likeness (QED) is 0.641. The van der Waals surface area contributed by atoms with E-state index in [1.807, 2.05) is 19.1 Å². The van der Waals surface area contributed by atoms with E-state index in [0.717, 1.165) is 36.0 Å². The van der Waals surface area contributed by atoms with E-state index in [4.69, 9.17) is 14.2 Å². The molecule has 0 bridgehead atoms. The molecule has 0 saturated heterocycles. The maximum Gasteiger partial charge on any atom is 0.276 e. The highest BCUT2D eigenvalue weighted by atomic mass is 32.1. The van der Waals surface area contributed by atoms with E-state index in [-0.39, 0.29) is 18.1 Å². The minimum Gasteiger partial charge on any atom is -0.477 e. The molecule has 0 spiro atoms. The first-order chi connectivity index (χ1) is 14.5. The Balaban J connectivity index is 1.20. The third-order valence-corrected chi connectivity index (χ3v) is 6.58. The van der Waals surface area contributed by atoms with E-state index in [0.29, 0.717) is 36.3 Å². The third-order valence-electron chi connectivity index (χ3n) is 5.72. The average Bonchev–Trinajstić information content (AvgIpc) is 3.08. The van der Waals surface area contributed by atoms with E-state index < -0.39 is 0 Å². The van der Waals surface area contributed by atoms with Gasteiger partial charge >= 0.3 is 0 Å². The highest BCUT2D eigenvalue weighted by Gasteiger charge is 2.31. The number of carbonyl (C=O) groups is 1. The van der Waals surface area contributed by atoms with Crippen molar-refractivity contribution in [2.45, 2.75) is 77.0 Å². The van der Waals surface area contributed by atoms with E-state index >= 15 is 0 Å². The van der Waals surface area contributed by atoms with Gasteiger partial charge < -0.3 is 19.5 Å². The van der Waals surface area contributed by atoms with E-state index in [9.17, 15) is 4.79 Å². The van der Waals surface area contributed by atoms with Gasteiger partial charge in [-0.3, -0.25) is 4.79 Å². The normalized spacial score (nSPS) is 23.0. The fourth-order valence-corrected chi connectivity index (χ4v) is 4.90. The lowest BCUT2D eigenvalue weighted by molar-refractivity contribution is -0.120. The Kier molecular flexibility index (Phi) is 7.04. The third kappa shape index (κ3) is 5.82. The summed E-state index contributed by atoms with van der Waals surface area (Å²) >= 11 is 1.50. The predicted octanol–water partition coefficient (Wildman–Crippen LogP) is 4.10. The number of nitrogens with zero attached hydrogens (tertiary/aromatic N) is 2. The molecule has 2 aliphatic carbocycles. The fraction of sp³-hybridized carbons (Fsp3) is 0.682. The monoisotopic (exact) mass is 433 g/mol. The Morgan fingerprint density at radius 2 is 2.00 bits per heavy atom. The smallest absolute Gasteiger partial charge is 0.276 e. The van der Waals surface area contributed by atoms with Crippen molar-refractivity contribution in [1.29, 1.82) is 0 Å². The number of nitrogens with one attached hydrogen (secondary N) is 1. The Hall–Kier alpha value is -1.93. The summed E-state index contributed by atoms with van der Waals surface area (Å²) in [5, 5.41) is 3.55. The van der Waals surface area contributed by atoms with Crippen molar-refractivity contribution in [2.75, 3.05) is 13.2 Å². The fourth-order valence-electron chi connectivity index (χ4n) is 4.06. The molecule has 1 amide bonds. The van der Waals surface area contributed by atoms with E-state index in [1.54, 1.807) is 0 Å². The molecule has 164 valence electrons. The molecule has 30 heavy (non-hydrogen) atoms. The lowest BCUT2D eigenvalue weighted by Gasteiger charge is -2.35. The van der Waals surface area contributed by atoms with Crippen LogP contribution in [0.5, 0.6) is 11.1 Å². The van der Waals surface area contributed by atoms with Gasteiger partial charge in [-0.05, 0) is 57.4 Å². The lowest BCUT2D eigenvalue weighted by Crippen LogP contribution is -2.40. The second kappa shape index (κ2) is 9.92. The minimum atomic E-state index is -0.0240. The van der Waals surface area contributed by atoms with Gasteiger partial charge in [-0.25, -0.2) is 9.97 Å². The van der Waals surface area contributed by atoms with Gasteiger partial charge in [0.1, 0.15) is 11.6 Å². The van der Waals surface area contributed by atoms with Gasteiger partial charge in [0.2, 0.25) is 11.8 Å². The maximum atomic E-state index is 11.0. The summed E-state index contributed by atoms with van der Waals surface area (Å²) in [6, 6.07) is 3.88. The molecule has 0 radical (unpaired) electrons. The molecule has 1 N–H and O–H groups in total. The van der Waals surface area contributed by atoms with Crippen LogP contribution in [0.1, 0.15) is 58.8 Å². The standard InChI is InChI=1S/C22H31N3O4S/c1-14(23-15(2)26)12-27-18-10-16(11-18)13-28-20-9-8-19-21(25-20)30-22(24-19)29-17-6-4-3-5-7-17/h8-9,14,16-18H,3-7,10-13H2,1-2H3,(H,23,26)/t14-,16?,18?/m0/s1. The number of hydrogen-bond acceptors (Lipinski definition) is 7. The Labute approximate surface area is 181 Å². The van der Waals surface area contributed by atoms with Gasteiger partial charge in [-0.15, -0.1) is 0 Å². The molecular weight excluding hydrogens is 402 g/mol. The minimum absolute atomic E-state index is 0.0240. The van der Waals surface area contributed by atoms with Crippen LogP contribution >= 0.6 is 11.3 Å². The molecule has 2 heterocycles. The molecule has 7 nitrogen and oxygen atoms in total. The van der Waals surface area contributed by atoms with Crippen LogP contribution in [-0.4, -0.2) is 47.3 Å². The largest absolute Gasteiger partial charge is 0.477 e. The molecule has 0 unspecified atom stereocenters. The summed E-state index contributed by atoms with van der Waals surface area (Å²) in [4.78, 5) is 21.1. The number of amides is 1. The van der Waals surface area contributed by atoms with Gasteiger partial charge in [0.25, 0.3) is 5.19 Å². The molecule has 0 aromatic carbocycles. The summed E-state index contributed by atoms with van der Waals surface area (Å²) in [5.74, 6) is 1.10. The average molecular weight is 434 g/mol. The van der Waals surface area contributed by atoms with Crippen molar-refractivity contribution in [3.05, 3.63) is 12.1 Å². The molecule has 4 rings (SSSR count). The summed E-state index contributed by atoms with van der Waals surface area (Å²) in [7, 11) is 0. The number of ether oxygens (including phenoxy) is 3. The molecule has 2 aromatic rings. The first-order valence-electron chi connectivity index (χ1n) is 11.0. The van der Waals surface area contributed by atoms with Crippen LogP contribution in [0.15, 0.2) is 12.1 Å². The van der Waals surface area contributed by atoms with Crippen molar-refractivity contribution in [2.24, 2.45) is 5.92 Å². The molecule has 2 fully saturated rings. The molecule has 1 atom stereocenters. The topological polar surface area (TPSA) is 82.6 Å². The zero-order chi connectivity index (χ0) is 20.9. The summed E-state index contributed by atoms with van der Waals surface area (Å²) in [6.45, 7) is 4.67. The lowest BCUT2D eigenvalue weighted by atomic mass is 9.83. The van der Waals surface area contributed by atoms with Crippen molar-refractivity contribution in [3.8, 4) is 11.1 Å². The van der Waals surface area contributed by atoms with E-state index in [1.165, 1.54) is 37.5 Å². The molecule has 8 heteroatoms. The predicted molar refractivity (Wildman–Crippen MR) is 116 cm³/mol. The van der Waals surface area contributed by atoms with Crippen LogP contribution in [0, 0.1) is 5.92 Å². The first kappa shape index (κ1) is 21.3. The number of pyridine rings is 1. The Morgan fingerprint density at radius 3 is 2.77 bits per heavy atom.